The standard InChI is InChI=1S/C8H17FN2/c9-8(5-10)4-7-2-1-3-11-6-7/h7-8,11H,1-6,10H2. The van der Waals surface area contributed by atoms with Crippen LogP contribution < -0.4 is 11.1 Å². The molecule has 0 radical (unpaired) electrons. The van der Waals surface area contributed by atoms with Crippen LogP contribution in [0.5, 0.6) is 0 Å². The van der Waals surface area contributed by atoms with Gasteiger partial charge >= 0.3 is 0 Å². The van der Waals surface area contributed by atoms with Crippen molar-refractivity contribution in [3.63, 3.8) is 0 Å². The Kier molecular flexibility index (Phi) is 3.80. The highest BCUT2D eigenvalue weighted by Crippen LogP contribution is 2.16. The highest BCUT2D eigenvalue weighted by Gasteiger charge is 2.16. The molecule has 2 nitrogen and oxygen atoms in total. The number of nitrogens with one attached hydrogen (secondary N) is 1. The molecule has 0 spiro atoms. The second-order valence-corrected chi connectivity index (χ2v) is 3.28. The minimum atomic E-state index is -0.792. The largest absolute Gasteiger partial charge is 0.328 e. The van der Waals surface area contributed by atoms with E-state index in [-0.39, 0.29) is 6.54 Å². The van der Waals surface area contributed by atoms with Crippen LogP contribution in [0, 0.1) is 5.92 Å². The maximum absolute atomic E-state index is 12.8. The summed E-state index contributed by atoms with van der Waals surface area (Å²) in [7, 11) is 0. The third-order valence-electron chi connectivity index (χ3n) is 2.24. The number of rotatable bonds is 3. The zero-order valence-corrected chi connectivity index (χ0v) is 6.85. The lowest BCUT2D eigenvalue weighted by Crippen LogP contribution is -2.32. The summed E-state index contributed by atoms with van der Waals surface area (Å²) in [5, 5.41) is 3.26. The van der Waals surface area contributed by atoms with Gasteiger partial charge in [0.15, 0.2) is 0 Å². The highest BCUT2D eigenvalue weighted by atomic mass is 19.1. The molecule has 1 fully saturated rings. The molecule has 3 heteroatoms. The first kappa shape index (κ1) is 8.94. The molecule has 0 amide bonds. The van der Waals surface area contributed by atoms with Gasteiger partial charge in [-0.05, 0) is 38.3 Å². The monoisotopic (exact) mass is 160 g/mol. The molecule has 0 aliphatic carbocycles. The number of hydrogen-bond donors (Lipinski definition) is 2. The van der Waals surface area contributed by atoms with Gasteiger partial charge in [0.2, 0.25) is 0 Å². The van der Waals surface area contributed by atoms with Gasteiger partial charge < -0.3 is 11.1 Å². The molecule has 0 aromatic heterocycles. The number of alkyl halides is 1. The third-order valence-corrected chi connectivity index (χ3v) is 2.24. The van der Waals surface area contributed by atoms with Crippen molar-refractivity contribution in [1.82, 2.24) is 5.32 Å². The lowest BCUT2D eigenvalue weighted by atomic mass is 9.94. The van der Waals surface area contributed by atoms with E-state index in [1.54, 1.807) is 0 Å². The predicted molar refractivity (Wildman–Crippen MR) is 44.2 cm³/mol. The lowest BCUT2D eigenvalue weighted by Gasteiger charge is -2.23. The lowest BCUT2D eigenvalue weighted by molar-refractivity contribution is 0.245. The summed E-state index contributed by atoms with van der Waals surface area (Å²) in [6.45, 7) is 2.24. The van der Waals surface area contributed by atoms with Gasteiger partial charge in [-0.1, -0.05) is 0 Å². The van der Waals surface area contributed by atoms with Crippen molar-refractivity contribution < 1.29 is 4.39 Å². The summed E-state index contributed by atoms with van der Waals surface area (Å²) < 4.78 is 12.8. The highest BCUT2D eigenvalue weighted by molar-refractivity contribution is 4.72. The van der Waals surface area contributed by atoms with Crippen molar-refractivity contribution in [3.05, 3.63) is 0 Å². The van der Waals surface area contributed by atoms with Crippen molar-refractivity contribution in [2.24, 2.45) is 11.7 Å². The Morgan fingerprint density at radius 1 is 1.64 bits per heavy atom. The van der Waals surface area contributed by atoms with Crippen LogP contribution in [0.4, 0.5) is 4.39 Å². The van der Waals surface area contributed by atoms with Crippen LogP contribution in [0.3, 0.4) is 0 Å². The number of nitrogens with two attached hydrogens (primary N) is 1. The summed E-state index contributed by atoms with van der Waals surface area (Å²) >= 11 is 0. The summed E-state index contributed by atoms with van der Waals surface area (Å²) in [6.07, 6.45) is 2.19. The molecule has 0 saturated carbocycles. The Balaban J connectivity index is 2.13. The second kappa shape index (κ2) is 4.67. The Bertz CT molecular complexity index is 102. The van der Waals surface area contributed by atoms with Crippen LogP contribution in [0.1, 0.15) is 19.3 Å². The van der Waals surface area contributed by atoms with E-state index in [0.717, 1.165) is 19.5 Å². The molecule has 2 atom stereocenters. The number of hydrogen-bond acceptors (Lipinski definition) is 2. The van der Waals surface area contributed by atoms with E-state index in [9.17, 15) is 4.39 Å². The van der Waals surface area contributed by atoms with E-state index in [4.69, 9.17) is 5.73 Å². The predicted octanol–water partition coefficient (Wildman–Crippen LogP) is 0.673. The van der Waals surface area contributed by atoms with Crippen molar-refractivity contribution in [2.75, 3.05) is 19.6 Å². The molecule has 11 heavy (non-hydrogen) atoms. The summed E-state index contributed by atoms with van der Waals surface area (Å²) in [6, 6.07) is 0. The van der Waals surface area contributed by atoms with Crippen molar-refractivity contribution in [1.29, 1.82) is 0 Å². The molecule has 3 N–H and O–H groups in total. The van der Waals surface area contributed by atoms with Gasteiger partial charge in [0.1, 0.15) is 6.17 Å². The normalized spacial score (nSPS) is 28.4. The molecule has 0 aromatic carbocycles. The summed E-state index contributed by atoms with van der Waals surface area (Å²) in [4.78, 5) is 0. The molecule has 0 aromatic rings. The molecular weight excluding hydrogens is 143 g/mol. The molecule has 1 rings (SSSR count). The Morgan fingerprint density at radius 2 is 2.45 bits per heavy atom. The minimum Gasteiger partial charge on any atom is -0.328 e. The SMILES string of the molecule is NCC(F)CC1CCCNC1. The maximum Gasteiger partial charge on any atom is 0.113 e. The summed E-state index contributed by atoms with van der Waals surface area (Å²) in [5.74, 6) is 0.516. The zero-order chi connectivity index (χ0) is 8.10. The van der Waals surface area contributed by atoms with Gasteiger partial charge in [0, 0.05) is 6.54 Å². The minimum absolute atomic E-state index is 0.177. The van der Waals surface area contributed by atoms with Crippen molar-refractivity contribution >= 4 is 0 Å². The topological polar surface area (TPSA) is 38.0 Å². The van der Waals surface area contributed by atoms with Crippen molar-refractivity contribution in [3.8, 4) is 0 Å². The number of piperidine rings is 1. The number of halogens is 1. The fourth-order valence-electron chi connectivity index (χ4n) is 1.58. The third kappa shape index (κ3) is 3.16. The molecule has 1 saturated heterocycles. The second-order valence-electron chi connectivity index (χ2n) is 3.28. The van der Waals surface area contributed by atoms with E-state index in [1.165, 1.54) is 6.42 Å². The fourth-order valence-corrected chi connectivity index (χ4v) is 1.58. The average molecular weight is 160 g/mol. The fraction of sp³-hybridized carbons (Fsp3) is 1.00. The van der Waals surface area contributed by atoms with Gasteiger partial charge in [0.25, 0.3) is 0 Å². The molecule has 2 unspecified atom stereocenters. The zero-order valence-electron chi connectivity index (χ0n) is 6.85. The van der Waals surface area contributed by atoms with E-state index >= 15 is 0 Å². The average Bonchev–Trinajstić information content (AvgIpc) is 2.06. The van der Waals surface area contributed by atoms with E-state index in [1.807, 2.05) is 0 Å². The van der Waals surface area contributed by atoms with Crippen LogP contribution in [0.25, 0.3) is 0 Å². The van der Waals surface area contributed by atoms with Crippen LogP contribution in [0.2, 0.25) is 0 Å². The molecule has 66 valence electrons. The first-order valence-electron chi connectivity index (χ1n) is 4.37. The van der Waals surface area contributed by atoms with Crippen LogP contribution >= 0.6 is 0 Å². The Labute approximate surface area is 67.3 Å². The molecule has 1 aliphatic rings. The molecule has 1 heterocycles. The van der Waals surface area contributed by atoms with Crippen LogP contribution in [0.15, 0.2) is 0 Å². The Hall–Kier alpha value is -0.150. The Morgan fingerprint density at radius 3 is 3.00 bits per heavy atom. The maximum atomic E-state index is 12.8. The van der Waals surface area contributed by atoms with Gasteiger partial charge in [-0.3, -0.25) is 0 Å². The van der Waals surface area contributed by atoms with E-state index < -0.39 is 6.17 Å². The summed E-state index contributed by atoms with van der Waals surface area (Å²) in [5.41, 5.74) is 5.19. The molecular formula is C8H17FN2. The van der Waals surface area contributed by atoms with Crippen LogP contribution in [-0.2, 0) is 0 Å². The van der Waals surface area contributed by atoms with Gasteiger partial charge in [-0.25, -0.2) is 4.39 Å². The van der Waals surface area contributed by atoms with Crippen molar-refractivity contribution in [2.45, 2.75) is 25.4 Å². The quantitative estimate of drug-likeness (QED) is 0.637. The first-order valence-corrected chi connectivity index (χ1v) is 4.37. The van der Waals surface area contributed by atoms with Gasteiger partial charge in [-0.15, -0.1) is 0 Å². The molecule has 1 aliphatic heterocycles. The van der Waals surface area contributed by atoms with Gasteiger partial charge in [-0.2, -0.15) is 0 Å². The van der Waals surface area contributed by atoms with Gasteiger partial charge in [0.05, 0.1) is 0 Å². The smallest absolute Gasteiger partial charge is 0.113 e. The van der Waals surface area contributed by atoms with E-state index in [0.29, 0.717) is 12.3 Å². The molecule has 0 bridgehead atoms. The van der Waals surface area contributed by atoms with E-state index in [2.05, 4.69) is 5.32 Å². The van der Waals surface area contributed by atoms with Crippen LogP contribution in [-0.4, -0.2) is 25.8 Å². The first-order chi connectivity index (χ1) is 5.33.